The Morgan fingerprint density at radius 2 is 2.10 bits per heavy atom. The van der Waals surface area contributed by atoms with E-state index in [-0.39, 0.29) is 18.9 Å². The molecule has 2 aromatic rings. The van der Waals surface area contributed by atoms with Crippen molar-refractivity contribution >= 4 is 22.8 Å². The molecule has 1 saturated heterocycles. The molecule has 1 unspecified atom stereocenters. The fourth-order valence-corrected chi connectivity index (χ4v) is 2.65. The summed E-state index contributed by atoms with van der Waals surface area (Å²) >= 11 is 0. The smallest absolute Gasteiger partial charge is 0.326 e. The first kappa shape index (κ1) is 13.5. The second-order valence-corrected chi connectivity index (χ2v) is 5.11. The van der Waals surface area contributed by atoms with Crippen LogP contribution < -0.4 is 0 Å². The number of nitrogens with zero attached hydrogens (tertiary/aromatic N) is 2. The Kier molecular flexibility index (Phi) is 3.31. The van der Waals surface area contributed by atoms with Gasteiger partial charge >= 0.3 is 5.97 Å². The lowest BCUT2D eigenvalue weighted by Gasteiger charge is -2.21. The Hall–Kier alpha value is -2.47. The van der Waals surface area contributed by atoms with Crippen molar-refractivity contribution in [3.63, 3.8) is 0 Å². The molecule has 1 amide bonds. The second-order valence-electron chi connectivity index (χ2n) is 5.11. The quantitative estimate of drug-likeness (QED) is 0.855. The summed E-state index contributed by atoms with van der Waals surface area (Å²) in [6, 6.07) is 7.68. The van der Waals surface area contributed by atoms with Crippen molar-refractivity contribution in [2.75, 3.05) is 6.54 Å². The largest absolute Gasteiger partial charge is 0.480 e. The van der Waals surface area contributed by atoms with Crippen LogP contribution in [0.3, 0.4) is 0 Å². The third kappa shape index (κ3) is 2.45. The molecule has 0 bridgehead atoms. The number of β-amino-alcohol motifs (C(OH)–C–C–N with tert-alkyl or cyclic N) is 1. The molecule has 1 fully saturated rings. The number of benzene rings is 1. The maximum absolute atomic E-state index is 12.5. The van der Waals surface area contributed by atoms with Gasteiger partial charge < -0.3 is 15.1 Å². The minimum Gasteiger partial charge on any atom is -0.480 e. The number of hydrogen-bond donors (Lipinski definition) is 2. The van der Waals surface area contributed by atoms with Gasteiger partial charge in [0.15, 0.2) is 0 Å². The number of aromatic nitrogens is 1. The van der Waals surface area contributed by atoms with E-state index in [0.717, 1.165) is 10.9 Å². The van der Waals surface area contributed by atoms with Crippen LogP contribution in [0.5, 0.6) is 0 Å². The zero-order valence-corrected chi connectivity index (χ0v) is 11.1. The van der Waals surface area contributed by atoms with E-state index in [0.29, 0.717) is 5.56 Å². The van der Waals surface area contributed by atoms with Crippen molar-refractivity contribution in [1.29, 1.82) is 0 Å². The highest BCUT2D eigenvalue weighted by Gasteiger charge is 2.39. The van der Waals surface area contributed by atoms with Crippen LogP contribution in [0.2, 0.25) is 0 Å². The molecule has 0 saturated carbocycles. The van der Waals surface area contributed by atoms with Crippen LogP contribution in [0.15, 0.2) is 36.5 Å². The number of aliphatic carboxylic acids is 1. The summed E-state index contributed by atoms with van der Waals surface area (Å²) in [6.07, 6.45) is 0.939. The van der Waals surface area contributed by atoms with Gasteiger partial charge in [-0.05, 0) is 24.3 Å². The zero-order valence-electron chi connectivity index (χ0n) is 11.1. The number of carboxylic acids is 1. The van der Waals surface area contributed by atoms with Gasteiger partial charge in [-0.15, -0.1) is 0 Å². The van der Waals surface area contributed by atoms with Crippen LogP contribution in [-0.2, 0) is 4.79 Å². The summed E-state index contributed by atoms with van der Waals surface area (Å²) in [5.41, 5.74) is 1.17. The lowest BCUT2D eigenvalue weighted by atomic mass is 10.1. The molecule has 2 heterocycles. The van der Waals surface area contributed by atoms with Gasteiger partial charge in [0, 0.05) is 30.1 Å². The molecular formula is C15H14N2O4. The number of pyridine rings is 1. The highest BCUT2D eigenvalue weighted by atomic mass is 16.4. The molecule has 21 heavy (non-hydrogen) atoms. The Balaban J connectivity index is 1.94. The third-order valence-electron chi connectivity index (χ3n) is 3.67. The summed E-state index contributed by atoms with van der Waals surface area (Å²) in [5, 5.41) is 19.6. The molecule has 1 aromatic carbocycles. The molecule has 1 aliphatic heterocycles. The number of carbonyl (C=O) groups excluding carboxylic acids is 1. The fourth-order valence-electron chi connectivity index (χ4n) is 2.65. The number of amides is 1. The normalized spacial score (nSPS) is 21.7. The zero-order chi connectivity index (χ0) is 15.0. The first-order valence-corrected chi connectivity index (χ1v) is 6.63. The number of aliphatic hydroxyl groups is 1. The van der Waals surface area contributed by atoms with Crippen molar-refractivity contribution in [2.45, 2.75) is 18.6 Å². The summed E-state index contributed by atoms with van der Waals surface area (Å²) in [6.45, 7) is 0.0425. The lowest BCUT2D eigenvalue weighted by Crippen LogP contribution is -2.40. The third-order valence-corrected chi connectivity index (χ3v) is 3.67. The van der Waals surface area contributed by atoms with Gasteiger partial charge in [-0.25, -0.2) is 4.79 Å². The van der Waals surface area contributed by atoms with Crippen molar-refractivity contribution in [3.8, 4) is 0 Å². The minimum absolute atomic E-state index is 0.0425. The Morgan fingerprint density at radius 3 is 2.86 bits per heavy atom. The van der Waals surface area contributed by atoms with Crippen molar-refractivity contribution < 1.29 is 19.8 Å². The number of likely N-dealkylation sites (tertiary alicyclic amines) is 1. The predicted octanol–water partition coefficient (Wildman–Crippen LogP) is 0.895. The van der Waals surface area contributed by atoms with E-state index in [1.807, 2.05) is 6.07 Å². The molecule has 2 atom stereocenters. The van der Waals surface area contributed by atoms with E-state index in [4.69, 9.17) is 5.11 Å². The van der Waals surface area contributed by atoms with E-state index < -0.39 is 18.1 Å². The number of aliphatic hydroxyl groups excluding tert-OH is 1. The summed E-state index contributed by atoms with van der Waals surface area (Å²) in [5.74, 6) is -1.48. The van der Waals surface area contributed by atoms with Gasteiger partial charge in [0.2, 0.25) is 0 Å². The van der Waals surface area contributed by atoms with E-state index in [9.17, 15) is 14.7 Å². The number of carboxylic acid groups (broad SMARTS) is 1. The molecule has 108 valence electrons. The number of fused-ring (bicyclic) bond motifs is 1. The molecule has 3 rings (SSSR count). The van der Waals surface area contributed by atoms with Crippen LogP contribution in [0.4, 0.5) is 0 Å². The SMILES string of the molecule is O=C(O)[C@@H]1CC(O)CN1C(=O)c1ccc2ncccc2c1. The second kappa shape index (κ2) is 5.14. The minimum atomic E-state index is -1.10. The Bertz CT molecular complexity index is 716. The highest BCUT2D eigenvalue weighted by Crippen LogP contribution is 2.22. The van der Waals surface area contributed by atoms with Gasteiger partial charge in [-0.3, -0.25) is 9.78 Å². The van der Waals surface area contributed by atoms with Gasteiger partial charge in [0.25, 0.3) is 5.91 Å². The maximum Gasteiger partial charge on any atom is 0.326 e. The van der Waals surface area contributed by atoms with Crippen molar-refractivity contribution in [3.05, 3.63) is 42.1 Å². The van der Waals surface area contributed by atoms with Crippen LogP contribution >= 0.6 is 0 Å². The van der Waals surface area contributed by atoms with Gasteiger partial charge in [-0.1, -0.05) is 6.07 Å². The summed E-state index contributed by atoms with van der Waals surface area (Å²) < 4.78 is 0. The van der Waals surface area contributed by atoms with Crippen molar-refractivity contribution in [2.24, 2.45) is 0 Å². The molecule has 2 N–H and O–H groups in total. The first-order chi connectivity index (χ1) is 10.1. The van der Waals surface area contributed by atoms with E-state index in [1.165, 1.54) is 4.90 Å². The van der Waals surface area contributed by atoms with Gasteiger partial charge in [-0.2, -0.15) is 0 Å². The van der Waals surface area contributed by atoms with Crippen LogP contribution in [-0.4, -0.2) is 50.7 Å². The molecule has 0 radical (unpaired) electrons. The average Bonchev–Trinajstić information content (AvgIpc) is 2.88. The molecule has 6 nitrogen and oxygen atoms in total. The Morgan fingerprint density at radius 1 is 1.29 bits per heavy atom. The molecule has 0 aliphatic carbocycles. The van der Waals surface area contributed by atoms with Gasteiger partial charge in [0.05, 0.1) is 11.6 Å². The average molecular weight is 286 g/mol. The van der Waals surface area contributed by atoms with E-state index in [2.05, 4.69) is 4.98 Å². The number of carbonyl (C=O) groups is 2. The summed E-state index contributed by atoms with van der Waals surface area (Å²) in [4.78, 5) is 29.1. The number of hydrogen-bond acceptors (Lipinski definition) is 4. The summed E-state index contributed by atoms with van der Waals surface area (Å²) in [7, 11) is 0. The van der Waals surface area contributed by atoms with E-state index >= 15 is 0 Å². The van der Waals surface area contributed by atoms with Crippen molar-refractivity contribution in [1.82, 2.24) is 9.88 Å². The highest BCUT2D eigenvalue weighted by molar-refractivity contribution is 5.99. The molecular weight excluding hydrogens is 272 g/mol. The van der Waals surface area contributed by atoms with Gasteiger partial charge in [0.1, 0.15) is 6.04 Å². The molecule has 1 aromatic heterocycles. The lowest BCUT2D eigenvalue weighted by molar-refractivity contribution is -0.141. The van der Waals surface area contributed by atoms with Crippen LogP contribution in [0.25, 0.3) is 10.9 Å². The first-order valence-electron chi connectivity index (χ1n) is 6.63. The monoisotopic (exact) mass is 286 g/mol. The van der Waals surface area contributed by atoms with Crippen LogP contribution in [0, 0.1) is 0 Å². The fraction of sp³-hybridized carbons (Fsp3) is 0.267. The standard InChI is InChI=1S/C15H14N2O4/c18-11-7-13(15(20)21)17(8-11)14(19)10-3-4-12-9(6-10)2-1-5-16-12/h1-6,11,13,18H,7-8H2,(H,20,21)/t11?,13-/m0/s1. The topological polar surface area (TPSA) is 90.7 Å². The number of rotatable bonds is 2. The predicted molar refractivity (Wildman–Crippen MR) is 74.8 cm³/mol. The maximum atomic E-state index is 12.5. The Labute approximate surface area is 120 Å². The molecule has 1 aliphatic rings. The van der Waals surface area contributed by atoms with E-state index in [1.54, 1.807) is 30.5 Å². The van der Waals surface area contributed by atoms with Crippen LogP contribution in [0.1, 0.15) is 16.8 Å². The molecule has 0 spiro atoms. The molecule has 6 heteroatoms.